The number of hydrogen-bond acceptors (Lipinski definition) is 2. The van der Waals surface area contributed by atoms with E-state index >= 15 is 0 Å². The lowest BCUT2D eigenvalue weighted by Crippen LogP contribution is -2.34. The van der Waals surface area contributed by atoms with Crippen LogP contribution in [0.5, 0.6) is 0 Å². The maximum atomic E-state index is 12.4. The molecule has 1 rings (SSSR count). The van der Waals surface area contributed by atoms with Crippen LogP contribution in [0.25, 0.3) is 0 Å². The van der Waals surface area contributed by atoms with Crippen LogP contribution in [0.2, 0.25) is 0 Å². The van der Waals surface area contributed by atoms with Gasteiger partial charge in [-0.3, -0.25) is 4.79 Å². The van der Waals surface area contributed by atoms with Crippen LogP contribution in [0, 0.1) is 17.3 Å². The minimum atomic E-state index is -0.197. The molecule has 0 aliphatic carbocycles. The Hall–Kier alpha value is -1.31. The minimum Gasteiger partial charge on any atom is -0.458 e. The quantitative estimate of drug-likeness (QED) is 0.741. The lowest BCUT2D eigenvalue weighted by molar-refractivity contribution is -0.159. The van der Waals surface area contributed by atoms with Gasteiger partial charge in [0.25, 0.3) is 0 Å². The van der Waals surface area contributed by atoms with Gasteiger partial charge in [0.05, 0.1) is 5.92 Å². The first-order valence-corrected chi connectivity index (χ1v) is 6.99. The van der Waals surface area contributed by atoms with E-state index in [0.29, 0.717) is 0 Å². The molecular weight excluding hydrogens is 236 g/mol. The second-order valence-corrected chi connectivity index (χ2v) is 6.58. The van der Waals surface area contributed by atoms with Gasteiger partial charge < -0.3 is 4.74 Å². The Labute approximate surface area is 117 Å². The molecule has 0 aliphatic heterocycles. The summed E-state index contributed by atoms with van der Waals surface area (Å²) in [6, 6.07) is 9.86. The van der Waals surface area contributed by atoms with E-state index in [0.717, 1.165) is 5.56 Å². The van der Waals surface area contributed by atoms with Crippen molar-refractivity contribution in [2.24, 2.45) is 17.3 Å². The Balaban J connectivity index is 2.78. The first kappa shape index (κ1) is 15.7. The van der Waals surface area contributed by atoms with Gasteiger partial charge in [0.2, 0.25) is 0 Å². The molecule has 0 N–H and O–H groups in total. The molecule has 2 atom stereocenters. The summed E-state index contributed by atoms with van der Waals surface area (Å²) < 4.78 is 5.65. The highest BCUT2D eigenvalue weighted by Gasteiger charge is 2.35. The van der Waals surface area contributed by atoms with Gasteiger partial charge in [-0.2, -0.15) is 0 Å². The van der Waals surface area contributed by atoms with Crippen molar-refractivity contribution in [3.63, 3.8) is 0 Å². The molecule has 2 nitrogen and oxygen atoms in total. The van der Waals surface area contributed by atoms with Gasteiger partial charge in [-0.1, -0.05) is 65.0 Å². The normalized spacial score (nSPS) is 15.1. The summed E-state index contributed by atoms with van der Waals surface area (Å²) >= 11 is 0. The van der Waals surface area contributed by atoms with Crippen LogP contribution in [0.4, 0.5) is 0 Å². The smallest absolute Gasteiger partial charge is 0.310 e. The molecule has 106 valence electrons. The molecule has 0 saturated heterocycles. The number of rotatable bonds is 4. The van der Waals surface area contributed by atoms with Crippen molar-refractivity contribution in [1.29, 1.82) is 0 Å². The van der Waals surface area contributed by atoms with Crippen LogP contribution in [-0.2, 0) is 9.53 Å². The zero-order chi connectivity index (χ0) is 14.6. The number of benzene rings is 1. The van der Waals surface area contributed by atoms with E-state index in [-0.39, 0.29) is 29.3 Å². The number of esters is 1. The summed E-state index contributed by atoms with van der Waals surface area (Å²) in [5.41, 5.74) is 0.953. The maximum absolute atomic E-state index is 12.4. The first-order chi connectivity index (χ1) is 8.73. The molecule has 0 aromatic heterocycles. The van der Waals surface area contributed by atoms with E-state index in [1.54, 1.807) is 0 Å². The molecule has 0 aliphatic rings. The summed E-state index contributed by atoms with van der Waals surface area (Å²) in [6.45, 7) is 12.3. The van der Waals surface area contributed by atoms with Crippen LogP contribution < -0.4 is 0 Å². The van der Waals surface area contributed by atoms with E-state index in [4.69, 9.17) is 4.74 Å². The number of carbonyl (C=O) groups excluding carboxylic acids is 1. The van der Waals surface area contributed by atoms with Gasteiger partial charge >= 0.3 is 5.97 Å². The highest BCUT2D eigenvalue weighted by atomic mass is 16.5. The number of hydrogen-bond donors (Lipinski definition) is 0. The fourth-order valence-corrected chi connectivity index (χ4v) is 2.67. The molecule has 19 heavy (non-hydrogen) atoms. The van der Waals surface area contributed by atoms with Crippen LogP contribution >= 0.6 is 0 Å². The molecule has 0 spiro atoms. The third-order valence-corrected chi connectivity index (χ3v) is 3.42. The van der Waals surface area contributed by atoms with Crippen LogP contribution in [-0.4, -0.2) is 5.97 Å². The van der Waals surface area contributed by atoms with Crippen LogP contribution in [0.15, 0.2) is 30.3 Å². The lowest BCUT2D eigenvalue weighted by Gasteiger charge is -2.32. The highest BCUT2D eigenvalue weighted by molar-refractivity contribution is 5.73. The fraction of sp³-hybridized carbons (Fsp3) is 0.588. The maximum Gasteiger partial charge on any atom is 0.310 e. The van der Waals surface area contributed by atoms with E-state index < -0.39 is 0 Å². The molecule has 0 heterocycles. The van der Waals surface area contributed by atoms with E-state index in [1.165, 1.54) is 0 Å². The highest BCUT2D eigenvalue weighted by Crippen LogP contribution is 2.34. The molecule has 0 saturated carbocycles. The van der Waals surface area contributed by atoms with Crippen molar-refractivity contribution in [3.05, 3.63) is 35.9 Å². The predicted octanol–water partition coefficient (Wildman–Crippen LogP) is 4.61. The molecule has 0 radical (unpaired) electrons. The van der Waals surface area contributed by atoms with Crippen molar-refractivity contribution in [1.82, 2.24) is 0 Å². The summed E-state index contributed by atoms with van der Waals surface area (Å²) in [5, 5.41) is 0. The van der Waals surface area contributed by atoms with Gasteiger partial charge in [0, 0.05) is 0 Å². The summed E-state index contributed by atoms with van der Waals surface area (Å²) in [7, 11) is 0. The van der Waals surface area contributed by atoms with Crippen molar-refractivity contribution in [2.75, 3.05) is 0 Å². The van der Waals surface area contributed by atoms with Crippen LogP contribution in [0.1, 0.15) is 53.2 Å². The second-order valence-electron chi connectivity index (χ2n) is 6.58. The second kappa shape index (κ2) is 6.23. The Bertz CT molecular complexity index is 401. The fourth-order valence-electron chi connectivity index (χ4n) is 2.67. The first-order valence-electron chi connectivity index (χ1n) is 6.99. The minimum absolute atomic E-state index is 0.0817. The van der Waals surface area contributed by atoms with Gasteiger partial charge in [0.1, 0.15) is 6.10 Å². The number of ether oxygens (including phenoxy) is 1. The Morgan fingerprint density at radius 1 is 1.05 bits per heavy atom. The van der Waals surface area contributed by atoms with Gasteiger partial charge in [-0.05, 0) is 23.8 Å². The summed E-state index contributed by atoms with van der Waals surface area (Å²) in [6.07, 6.45) is -0.197. The summed E-state index contributed by atoms with van der Waals surface area (Å²) in [5.74, 6) is 0.0907. The SMILES string of the molecule is CC(OC(=O)C(C(C)C)C(C)(C)C)c1ccccc1. The molecule has 2 heteroatoms. The molecule has 1 aromatic carbocycles. The van der Waals surface area contributed by atoms with Gasteiger partial charge in [0.15, 0.2) is 0 Å². The van der Waals surface area contributed by atoms with Crippen LogP contribution in [0.3, 0.4) is 0 Å². The van der Waals surface area contributed by atoms with E-state index in [2.05, 4.69) is 34.6 Å². The lowest BCUT2D eigenvalue weighted by atomic mass is 9.74. The van der Waals surface area contributed by atoms with Crippen molar-refractivity contribution < 1.29 is 9.53 Å². The van der Waals surface area contributed by atoms with Gasteiger partial charge in [-0.15, -0.1) is 0 Å². The molecular formula is C17H26O2. The third kappa shape index (κ3) is 4.38. The van der Waals surface area contributed by atoms with Crippen molar-refractivity contribution >= 4 is 5.97 Å². The zero-order valence-electron chi connectivity index (χ0n) is 12.9. The van der Waals surface area contributed by atoms with E-state index in [9.17, 15) is 4.79 Å². The molecule has 1 aromatic rings. The van der Waals surface area contributed by atoms with Crippen molar-refractivity contribution in [3.8, 4) is 0 Å². The monoisotopic (exact) mass is 262 g/mol. The number of carbonyl (C=O) groups is 1. The third-order valence-electron chi connectivity index (χ3n) is 3.42. The average molecular weight is 262 g/mol. The Morgan fingerprint density at radius 2 is 1.58 bits per heavy atom. The largest absolute Gasteiger partial charge is 0.458 e. The Kier molecular flexibility index (Phi) is 5.16. The average Bonchev–Trinajstić information content (AvgIpc) is 2.27. The zero-order valence-corrected chi connectivity index (χ0v) is 12.9. The molecule has 0 fully saturated rings. The predicted molar refractivity (Wildman–Crippen MR) is 78.7 cm³/mol. The topological polar surface area (TPSA) is 26.3 Å². The van der Waals surface area contributed by atoms with Gasteiger partial charge in [-0.25, -0.2) is 0 Å². The summed E-state index contributed by atoms with van der Waals surface area (Å²) in [4.78, 5) is 12.4. The Morgan fingerprint density at radius 3 is 2.00 bits per heavy atom. The molecule has 0 amide bonds. The standard InChI is InChI=1S/C17H26O2/c1-12(2)15(17(4,5)6)16(18)19-13(3)14-10-8-7-9-11-14/h7-13,15H,1-6H3. The van der Waals surface area contributed by atoms with Crippen molar-refractivity contribution in [2.45, 2.75) is 47.6 Å². The molecule has 2 unspecified atom stereocenters. The molecule has 0 bridgehead atoms. The van der Waals surface area contributed by atoms with E-state index in [1.807, 2.05) is 37.3 Å².